The van der Waals surface area contributed by atoms with Gasteiger partial charge in [-0.1, -0.05) is 53.4 Å². The second-order valence-corrected chi connectivity index (χ2v) is 6.59. The number of rotatable bonds is 6. The van der Waals surface area contributed by atoms with Crippen LogP contribution in [0.3, 0.4) is 0 Å². The fourth-order valence-corrected chi connectivity index (χ4v) is 3.18. The molecule has 0 amide bonds. The molecule has 0 fully saturated rings. The number of thioether (sulfide) groups is 2. The summed E-state index contributed by atoms with van der Waals surface area (Å²) < 4.78 is 0. The molecule has 0 saturated carbocycles. The molecule has 0 atom stereocenters. The molecule has 0 saturated heterocycles. The minimum atomic E-state index is 0.0568. The zero-order valence-electron chi connectivity index (χ0n) is 12.4. The molecule has 4 nitrogen and oxygen atoms in total. The van der Waals surface area contributed by atoms with Gasteiger partial charge in [0.05, 0.1) is 17.6 Å². The molecule has 0 radical (unpaired) electrons. The largest absolute Gasteiger partial charge is 0.293 e. The Labute approximate surface area is 138 Å². The number of benzene rings is 1. The van der Waals surface area contributed by atoms with Gasteiger partial charge in [0.1, 0.15) is 5.03 Å². The molecule has 0 unspecified atom stereocenters. The molecule has 1 heterocycles. The predicted molar refractivity (Wildman–Crippen MR) is 89.3 cm³/mol. The second kappa shape index (κ2) is 7.97. The molecular formula is C16H15N3OS2. The van der Waals surface area contributed by atoms with Gasteiger partial charge in [0.2, 0.25) is 0 Å². The Balaban J connectivity index is 2.01. The highest BCUT2D eigenvalue weighted by Gasteiger charge is 2.09. The molecule has 2 rings (SSSR count). The number of ketones is 1. The van der Waals surface area contributed by atoms with E-state index in [1.807, 2.05) is 44.2 Å². The Hall–Kier alpha value is -1.84. The maximum Gasteiger partial charge on any atom is 0.189 e. The lowest BCUT2D eigenvalue weighted by atomic mass is 10.1. The summed E-state index contributed by atoms with van der Waals surface area (Å²) in [6, 6.07) is 11.4. The predicted octanol–water partition coefficient (Wildman–Crippen LogP) is 3.68. The van der Waals surface area contributed by atoms with Gasteiger partial charge in [0, 0.05) is 11.3 Å². The third-order valence-corrected chi connectivity index (χ3v) is 4.43. The van der Waals surface area contributed by atoms with Crippen LogP contribution in [-0.2, 0) is 0 Å². The molecule has 22 heavy (non-hydrogen) atoms. The maximum atomic E-state index is 12.1. The Morgan fingerprint density at radius 1 is 1.18 bits per heavy atom. The standard InChI is InChI=1S/C16H15N3OS2/c1-11-3-5-13(6-4-11)14(20)10-22-16-18-12(2)9-15(19-16)21-8-7-17/h3-6,9H,8,10H2,1-2H3. The highest BCUT2D eigenvalue weighted by Crippen LogP contribution is 2.21. The van der Waals surface area contributed by atoms with Crippen LogP contribution in [0.15, 0.2) is 40.5 Å². The minimum Gasteiger partial charge on any atom is -0.293 e. The van der Waals surface area contributed by atoms with E-state index in [4.69, 9.17) is 5.26 Å². The number of aromatic nitrogens is 2. The molecule has 0 spiro atoms. The van der Waals surface area contributed by atoms with Crippen molar-refractivity contribution in [3.05, 3.63) is 47.2 Å². The Morgan fingerprint density at radius 2 is 1.91 bits per heavy atom. The van der Waals surface area contributed by atoms with Gasteiger partial charge < -0.3 is 0 Å². The molecule has 0 N–H and O–H groups in total. The summed E-state index contributed by atoms with van der Waals surface area (Å²) in [6.45, 7) is 3.87. The SMILES string of the molecule is Cc1ccc(C(=O)CSc2nc(C)cc(SCC#N)n2)cc1. The van der Waals surface area contributed by atoms with Crippen LogP contribution >= 0.6 is 23.5 Å². The summed E-state index contributed by atoms with van der Waals surface area (Å²) in [6.07, 6.45) is 0. The molecule has 1 aromatic heterocycles. The van der Waals surface area contributed by atoms with E-state index in [0.717, 1.165) is 16.3 Å². The van der Waals surface area contributed by atoms with Crippen molar-refractivity contribution in [2.45, 2.75) is 24.0 Å². The van der Waals surface area contributed by atoms with Crippen LogP contribution in [0.1, 0.15) is 21.6 Å². The normalized spacial score (nSPS) is 10.2. The van der Waals surface area contributed by atoms with E-state index in [1.165, 1.54) is 23.5 Å². The lowest BCUT2D eigenvalue weighted by Crippen LogP contribution is -2.03. The van der Waals surface area contributed by atoms with Crippen molar-refractivity contribution in [3.8, 4) is 6.07 Å². The van der Waals surface area contributed by atoms with Crippen molar-refractivity contribution >= 4 is 29.3 Å². The van der Waals surface area contributed by atoms with Crippen LogP contribution in [-0.4, -0.2) is 27.3 Å². The number of hydrogen-bond donors (Lipinski definition) is 0. The van der Waals surface area contributed by atoms with Crippen LogP contribution in [0.2, 0.25) is 0 Å². The van der Waals surface area contributed by atoms with E-state index in [-0.39, 0.29) is 5.78 Å². The zero-order valence-corrected chi connectivity index (χ0v) is 14.0. The minimum absolute atomic E-state index is 0.0568. The molecule has 0 aliphatic carbocycles. The summed E-state index contributed by atoms with van der Waals surface area (Å²) in [5, 5.41) is 9.96. The van der Waals surface area contributed by atoms with Gasteiger partial charge in [-0.15, -0.1) is 0 Å². The molecule has 1 aromatic carbocycles. The smallest absolute Gasteiger partial charge is 0.189 e. The number of hydrogen-bond acceptors (Lipinski definition) is 6. The first kappa shape index (κ1) is 16.5. The monoisotopic (exact) mass is 329 g/mol. The summed E-state index contributed by atoms with van der Waals surface area (Å²) in [7, 11) is 0. The first-order valence-corrected chi connectivity index (χ1v) is 8.63. The lowest BCUT2D eigenvalue weighted by Gasteiger charge is -2.04. The molecule has 0 aliphatic rings. The van der Waals surface area contributed by atoms with E-state index < -0.39 is 0 Å². The Morgan fingerprint density at radius 3 is 2.59 bits per heavy atom. The van der Waals surface area contributed by atoms with E-state index in [9.17, 15) is 4.79 Å². The molecule has 0 bridgehead atoms. The van der Waals surface area contributed by atoms with E-state index in [2.05, 4.69) is 16.0 Å². The van der Waals surface area contributed by atoms with Crippen molar-refractivity contribution in [2.24, 2.45) is 0 Å². The highest BCUT2D eigenvalue weighted by atomic mass is 32.2. The number of nitrogens with zero attached hydrogens (tertiary/aromatic N) is 3. The van der Waals surface area contributed by atoms with Crippen LogP contribution in [0.5, 0.6) is 0 Å². The van der Waals surface area contributed by atoms with Crippen LogP contribution < -0.4 is 0 Å². The number of Topliss-reactive ketones (excluding diaryl/α,β-unsaturated/α-hetero) is 1. The van der Waals surface area contributed by atoms with Crippen molar-refractivity contribution in [1.29, 1.82) is 5.26 Å². The topological polar surface area (TPSA) is 66.6 Å². The summed E-state index contributed by atoms with van der Waals surface area (Å²) >= 11 is 2.69. The average molecular weight is 329 g/mol. The van der Waals surface area contributed by atoms with Crippen molar-refractivity contribution in [3.63, 3.8) is 0 Å². The number of carbonyl (C=O) groups is 1. The van der Waals surface area contributed by atoms with Gasteiger partial charge in [0.25, 0.3) is 0 Å². The van der Waals surface area contributed by atoms with E-state index in [0.29, 0.717) is 22.2 Å². The first-order chi connectivity index (χ1) is 10.6. The van der Waals surface area contributed by atoms with Gasteiger partial charge in [-0.05, 0) is 19.9 Å². The van der Waals surface area contributed by atoms with Crippen LogP contribution in [0.25, 0.3) is 0 Å². The number of carbonyl (C=O) groups excluding carboxylic acids is 1. The van der Waals surface area contributed by atoms with E-state index >= 15 is 0 Å². The van der Waals surface area contributed by atoms with Gasteiger partial charge >= 0.3 is 0 Å². The maximum absolute atomic E-state index is 12.1. The molecule has 6 heteroatoms. The molecule has 0 aliphatic heterocycles. The van der Waals surface area contributed by atoms with Gasteiger partial charge in [-0.2, -0.15) is 5.26 Å². The summed E-state index contributed by atoms with van der Waals surface area (Å²) in [5.41, 5.74) is 2.66. The van der Waals surface area contributed by atoms with Gasteiger partial charge in [-0.25, -0.2) is 9.97 Å². The number of aryl methyl sites for hydroxylation is 2. The fourth-order valence-electron chi connectivity index (χ4n) is 1.71. The Kier molecular flexibility index (Phi) is 5.99. The Bertz CT molecular complexity index is 708. The van der Waals surface area contributed by atoms with Crippen molar-refractivity contribution in [2.75, 3.05) is 11.5 Å². The van der Waals surface area contributed by atoms with Crippen molar-refractivity contribution in [1.82, 2.24) is 9.97 Å². The average Bonchev–Trinajstić information content (AvgIpc) is 2.51. The van der Waals surface area contributed by atoms with Crippen LogP contribution in [0, 0.1) is 25.2 Å². The fraction of sp³-hybridized carbons (Fsp3) is 0.250. The summed E-state index contributed by atoms with van der Waals surface area (Å²) in [5.74, 6) is 0.707. The van der Waals surface area contributed by atoms with Gasteiger partial charge in [-0.3, -0.25) is 4.79 Å². The quantitative estimate of drug-likeness (QED) is 0.348. The van der Waals surface area contributed by atoms with Crippen LogP contribution in [0.4, 0.5) is 0 Å². The number of nitriles is 1. The van der Waals surface area contributed by atoms with E-state index in [1.54, 1.807) is 0 Å². The second-order valence-electron chi connectivity index (χ2n) is 4.65. The molecule has 112 valence electrons. The lowest BCUT2D eigenvalue weighted by molar-refractivity contribution is 0.102. The third-order valence-electron chi connectivity index (χ3n) is 2.80. The first-order valence-electron chi connectivity index (χ1n) is 6.66. The summed E-state index contributed by atoms with van der Waals surface area (Å²) in [4.78, 5) is 20.8. The van der Waals surface area contributed by atoms with Crippen molar-refractivity contribution < 1.29 is 4.79 Å². The third kappa shape index (κ3) is 4.86. The highest BCUT2D eigenvalue weighted by molar-refractivity contribution is 8.00. The van der Waals surface area contributed by atoms with Gasteiger partial charge in [0.15, 0.2) is 10.9 Å². The zero-order chi connectivity index (χ0) is 15.9. The molecular weight excluding hydrogens is 314 g/mol. The molecule has 2 aromatic rings.